The number of hydrazone groups is 1. The molecule has 1 amide bonds. The zero-order valence-electron chi connectivity index (χ0n) is 18.5. The summed E-state index contributed by atoms with van der Waals surface area (Å²) in [5, 5.41) is 6.02. The molecule has 162 valence electrons. The first kappa shape index (κ1) is 21.8. The second-order valence-electron chi connectivity index (χ2n) is 8.88. The van der Waals surface area contributed by atoms with Crippen molar-refractivity contribution in [1.29, 1.82) is 0 Å². The van der Waals surface area contributed by atoms with Crippen LogP contribution >= 0.6 is 11.6 Å². The molecule has 0 spiro atoms. The SMILES string of the molecule is CC(C)(C)c1ccc(C(=O)N/N=C\c2cn(Cc3ccc(Cl)cc3)c3ccccc23)cc1. The lowest BCUT2D eigenvalue weighted by Crippen LogP contribution is -2.18. The molecule has 3 aromatic carbocycles. The Morgan fingerprint density at radius 3 is 2.38 bits per heavy atom. The van der Waals surface area contributed by atoms with Crippen LogP contribution in [0.4, 0.5) is 0 Å². The second kappa shape index (κ2) is 9.01. The maximum atomic E-state index is 12.5. The summed E-state index contributed by atoms with van der Waals surface area (Å²) < 4.78 is 2.17. The van der Waals surface area contributed by atoms with E-state index in [2.05, 4.69) is 48.0 Å². The van der Waals surface area contributed by atoms with Gasteiger partial charge in [0.1, 0.15) is 0 Å². The molecule has 4 rings (SSSR count). The zero-order chi connectivity index (χ0) is 22.7. The largest absolute Gasteiger partial charge is 0.342 e. The van der Waals surface area contributed by atoms with Gasteiger partial charge in [-0.3, -0.25) is 4.79 Å². The number of hydrogen-bond acceptors (Lipinski definition) is 2. The van der Waals surface area contributed by atoms with Gasteiger partial charge in [-0.25, -0.2) is 5.43 Å². The molecule has 0 aliphatic carbocycles. The van der Waals surface area contributed by atoms with Crippen molar-refractivity contribution in [3.05, 3.63) is 106 Å². The van der Waals surface area contributed by atoms with Gasteiger partial charge >= 0.3 is 0 Å². The zero-order valence-corrected chi connectivity index (χ0v) is 19.2. The molecule has 0 atom stereocenters. The second-order valence-corrected chi connectivity index (χ2v) is 9.32. The number of carbonyl (C=O) groups is 1. The summed E-state index contributed by atoms with van der Waals surface area (Å²) in [6.07, 6.45) is 3.75. The number of para-hydroxylation sites is 1. The van der Waals surface area contributed by atoms with Gasteiger partial charge in [-0.05, 0) is 46.9 Å². The highest BCUT2D eigenvalue weighted by Gasteiger charge is 2.14. The van der Waals surface area contributed by atoms with Crippen molar-refractivity contribution in [1.82, 2.24) is 9.99 Å². The third-order valence-electron chi connectivity index (χ3n) is 5.47. The molecule has 32 heavy (non-hydrogen) atoms. The molecule has 4 aromatic rings. The molecular formula is C27H26ClN3O. The summed E-state index contributed by atoms with van der Waals surface area (Å²) >= 11 is 6.01. The van der Waals surface area contributed by atoms with Gasteiger partial charge in [-0.15, -0.1) is 0 Å². The maximum Gasteiger partial charge on any atom is 0.271 e. The maximum absolute atomic E-state index is 12.5. The van der Waals surface area contributed by atoms with Crippen molar-refractivity contribution in [2.45, 2.75) is 32.7 Å². The number of fused-ring (bicyclic) bond motifs is 1. The summed E-state index contributed by atoms with van der Waals surface area (Å²) in [5.74, 6) is -0.230. The fraction of sp³-hybridized carbons (Fsp3) is 0.185. The van der Waals surface area contributed by atoms with Crippen LogP contribution in [0.2, 0.25) is 5.02 Å². The Morgan fingerprint density at radius 2 is 1.69 bits per heavy atom. The predicted molar refractivity (Wildman–Crippen MR) is 133 cm³/mol. The van der Waals surface area contributed by atoms with Crippen LogP contribution in [0.3, 0.4) is 0 Å². The van der Waals surface area contributed by atoms with Gasteiger partial charge in [0.25, 0.3) is 5.91 Å². The number of nitrogens with one attached hydrogen (secondary N) is 1. The Balaban J connectivity index is 1.51. The molecule has 5 heteroatoms. The number of benzene rings is 3. The van der Waals surface area contributed by atoms with E-state index in [9.17, 15) is 4.79 Å². The average Bonchev–Trinajstić information content (AvgIpc) is 3.12. The van der Waals surface area contributed by atoms with Crippen LogP contribution < -0.4 is 5.43 Å². The van der Waals surface area contributed by atoms with E-state index in [4.69, 9.17) is 11.6 Å². The van der Waals surface area contributed by atoms with Gasteiger partial charge < -0.3 is 4.57 Å². The minimum Gasteiger partial charge on any atom is -0.342 e. The highest BCUT2D eigenvalue weighted by Crippen LogP contribution is 2.23. The van der Waals surface area contributed by atoms with Crippen LogP contribution in [0.5, 0.6) is 0 Å². The van der Waals surface area contributed by atoms with Gasteiger partial charge in [0.15, 0.2) is 0 Å². The first-order chi connectivity index (χ1) is 15.3. The van der Waals surface area contributed by atoms with Crippen molar-refractivity contribution in [3.63, 3.8) is 0 Å². The van der Waals surface area contributed by atoms with E-state index in [-0.39, 0.29) is 11.3 Å². The fourth-order valence-electron chi connectivity index (χ4n) is 3.64. The molecule has 4 nitrogen and oxygen atoms in total. The van der Waals surface area contributed by atoms with Crippen molar-refractivity contribution < 1.29 is 4.79 Å². The summed E-state index contributed by atoms with van der Waals surface area (Å²) in [5.41, 5.74) is 7.67. The van der Waals surface area contributed by atoms with E-state index in [0.29, 0.717) is 5.56 Å². The fourth-order valence-corrected chi connectivity index (χ4v) is 3.77. The van der Waals surface area contributed by atoms with Crippen molar-refractivity contribution in [2.75, 3.05) is 0 Å². The molecule has 0 saturated heterocycles. The topological polar surface area (TPSA) is 46.4 Å². The Kier molecular flexibility index (Phi) is 6.15. The molecule has 1 N–H and O–H groups in total. The molecule has 0 fully saturated rings. The van der Waals surface area contributed by atoms with E-state index in [1.807, 2.05) is 66.9 Å². The van der Waals surface area contributed by atoms with Crippen LogP contribution in [-0.2, 0) is 12.0 Å². The lowest BCUT2D eigenvalue weighted by molar-refractivity contribution is 0.0955. The molecule has 0 saturated carbocycles. The van der Waals surface area contributed by atoms with E-state index in [0.717, 1.165) is 33.6 Å². The van der Waals surface area contributed by atoms with Crippen molar-refractivity contribution in [2.24, 2.45) is 5.10 Å². The van der Waals surface area contributed by atoms with Crippen LogP contribution in [-0.4, -0.2) is 16.7 Å². The minimum atomic E-state index is -0.230. The number of aromatic nitrogens is 1. The number of rotatable bonds is 5. The minimum absolute atomic E-state index is 0.0490. The first-order valence-corrected chi connectivity index (χ1v) is 11.0. The Hall–Kier alpha value is -3.37. The highest BCUT2D eigenvalue weighted by atomic mass is 35.5. The Morgan fingerprint density at radius 1 is 1.00 bits per heavy atom. The Labute approximate surface area is 193 Å². The monoisotopic (exact) mass is 443 g/mol. The lowest BCUT2D eigenvalue weighted by Gasteiger charge is -2.18. The van der Waals surface area contributed by atoms with E-state index in [1.165, 1.54) is 5.56 Å². The molecule has 1 heterocycles. The summed E-state index contributed by atoms with van der Waals surface area (Å²) in [7, 11) is 0. The molecular weight excluding hydrogens is 418 g/mol. The van der Waals surface area contributed by atoms with Crippen LogP contribution in [0, 0.1) is 0 Å². The van der Waals surface area contributed by atoms with Crippen LogP contribution in [0.15, 0.2) is 84.1 Å². The summed E-state index contributed by atoms with van der Waals surface area (Å²) in [6.45, 7) is 7.17. The number of hydrogen-bond donors (Lipinski definition) is 1. The van der Waals surface area contributed by atoms with Crippen LogP contribution in [0.1, 0.15) is 47.8 Å². The third kappa shape index (κ3) is 4.92. The number of carbonyl (C=O) groups excluding carboxylic acids is 1. The number of nitrogens with zero attached hydrogens (tertiary/aromatic N) is 2. The number of amides is 1. The van der Waals surface area contributed by atoms with E-state index >= 15 is 0 Å². The average molecular weight is 444 g/mol. The number of halogens is 1. The van der Waals surface area contributed by atoms with E-state index < -0.39 is 0 Å². The summed E-state index contributed by atoms with van der Waals surface area (Å²) in [4.78, 5) is 12.5. The van der Waals surface area contributed by atoms with Crippen molar-refractivity contribution in [3.8, 4) is 0 Å². The standard InChI is InChI=1S/C27H26ClN3O/c1-27(2,3)22-12-10-20(11-13-22)26(32)30-29-16-21-18-31(25-7-5-4-6-24(21)25)17-19-8-14-23(28)15-9-19/h4-16,18H,17H2,1-3H3,(H,30,32)/b29-16-. The molecule has 0 unspecified atom stereocenters. The lowest BCUT2D eigenvalue weighted by atomic mass is 9.87. The molecule has 1 aromatic heterocycles. The van der Waals surface area contributed by atoms with Crippen LogP contribution in [0.25, 0.3) is 10.9 Å². The molecule has 0 bridgehead atoms. The predicted octanol–water partition coefficient (Wildman–Crippen LogP) is 6.40. The van der Waals surface area contributed by atoms with Gasteiger partial charge in [-0.2, -0.15) is 5.10 Å². The van der Waals surface area contributed by atoms with Gasteiger partial charge in [0.2, 0.25) is 0 Å². The smallest absolute Gasteiger partial charge is 0.271 e. The van der Waals surface area contributed by atoms with Gasteiger partial charge in [-0.1, -0.05) is 74.8 Å². The molecule has 0 radical (unpaired) electrons. The Bertz CT molecular complexity index is 1260. The summed E-state index contributed by atoms with van der Waals surface area (Å²) in [6, 6.07) is 23.7. The quantitative estimate of drug-likeness (QED) is 0.281. The van der Waals surface area contributed by atoms with E-state index in [1.54, 1.807) is 6.21 Å². The first-order valence-electron chi connectivity index (χ1n) is 10.6. The molecule has 0 aliphatic rings. The van der Waals surface area contributed by atoms with Crippen molar-refractivity contribution >= 4 is 34.6 Å². The van der Waals surface area contributed by atoms with Gasteiger partial charge in [0, 0.05) is 39.8 Å². The third-order valence-corrected chi connectivity index (χ3v) is 5.72. The molecule has 0 aliphatic heterocycles. The normalized spacial score (nSPS) is 11.9. The van der Waals surface area contributed by atoms with Gasteiger partial charge in [0.05, 0.1) is 6.21 Å². The highest BCUT2D eigenvalue weighted by molar-refractivity contribution is 6.30.